The van der Waals surface area contributed by atoms with E-state index in [9.17, 15) is 4.79 Å². The first-order valence-electron chi connectivity index (χ1n) is 5.24. The zero-order valence-corrected chi connectivity index (χ0v) is 8.86. The molecule has 1 saturated carbocycles. The summed E-state index contributed by atoms with van der Waals surface area (Å²) in [5.74, 6) is 5.50. The van der Waals surface area contributed by atoms with Gasteiger partial charge in [0.1, 0.15) is 0 Å². The van der Waals surface area contributed by atoms with Crippen molar-refractivity contribution in [1.82, 2.24) is 10.3 Å². The number of nitrogens with one attached hydrogen (secondary N) is 1. The van der Waals surface area contributed by atoms with Crippen molar-refractivity contribution in [3.8, 4) is 11.8 Å². The van der Waals surface area contributed by atoms with Crippen LogP contribution < -0.4 is 11.1 Å². The molecule has 2 rings (SSSR count). The van der Waals surface area contributed by atoms with Crippen LogP contribution in [0.4, 0.5) is 0 Å². The topological polar surface area (TPSA) is 68.0 Å². The lowest BCUT2D eigenvalue weighted by Gasteiger charge is -2.02. The SMILES string of the molecule is NCC#Cc1cncc(C(=O)NC2CC2)c1. The van der Waals surface area contributed by atoms with E-state index in [1.54, 1.807) is 18.5 Å². The van der Waals surface area contributed by atoms with E-state index in [1.807, 2.05) is 0 Å². The van der Waals surface area contributed by atoms with Gasteiger partial charge in [-0.1, -0.05) is 11.8 Å². The number of aromatic nitrogens is 1. The van der Waals surface area contributed by atoms with Crippen molar-refractivity contribution < 1.29 is 4.79 Å². The molecule has 1 aliphatic rings. The first-order valence-corrected chi connectivity index (χ1v) is 5.24. The smallest absolute Gasteiger partial charge is 0.253 e. The second-order valence-corrected chi connectivity index (χ2v) is 3.72. The van der Waals surface area contributed by atoms with Gasteiger partial charge < -0.3 is 11.1 Å². The highest BCUT2D eigenvalue weighted by Gasteiger charge is 2.23. The Bertz CT molecular complexity index is 455. The van der Waals surface area contributed by atoms with Gasteiger partial charge in [-0.3, -0.25) is 9.78 Å². The van der Waals surface area contributed by atoms with Crippen LogP contribution in [0.5, 0.6) is 0 Å². The number of hydrogen-bond donors (Lipinski definition) is 2. The summed E-state index contributed by atoms with van der Waals surface area (Å²) in [5.41, 5.74) is 6.54. The molecule has 0 aliphatic heterocycles. The predicted octanol–water partition coefficient (Wildman–Crippen LogP) is 0.284. The Balaban J connectivity index is 2.10. The summed E-state index contributed by atoms with van der Waals surface area (Å²) in [7, 11) is 0. The Morgan fingerprint density at radius 3 is 3.06 bits per heavy atom. The third kappa shape index (κ3) is 2.81. The Morgan fingerprint density at radius 2 is 2.38 bits per heavy atom. The molecule has 0 radical (unpaired) electrons. The summed E-state index contributed by atoms with van der Waals surface area (Å²) in [4.78, 5) is 15.7. The Hall–Kier alpha value is -1.86. The van der Waals surface area contributed by atoms with Crippen LogP contribution in [0.2, 0.25) is 0 Å². The van der Waals surface area contributed by atoms with Crippen LogP contribution in [0.15, 0.2) is 18.5 Å². The molecule has 1 fully saturated rings. The Kier molecular flexibility index (Phi) is 3.18. The molecule has 0 unspecified atom stereocenters. The monoisotopic (exact) mass is 215 g/mol. The van der Waals surface area contributed by atoms with Crippen LogP contribution in [0.25, 0.3) is 0 Å². The van der Waals surface area contributed by atoms with E-state index in [4.69, 9.17) is 5.73 Å². The van der Waals surface area contributed by atoms with Gasteiger partial charge in [-0.05, 0) is 18.9 Å². The van der Waals surface area contributed by atoms with E-state index >= 15 is 0 Å². The number of nitrogens with zero attached hydrogens (tertiary/aromatic N) is 1. The molecule has 1 amide bonds. The van der Waals surface area contributed by atoms with Crippen molar-refractivity contribution >= 4 is 5.91 Å². The molecule has 16 heavy (non-hydrogen) atoms. The molecular formula is C12H13N3O. The molecule has 0 bridgehead atoms. The summed E-state index contributed by atoms with van der Waals surface area (Å²) in [6, 6.07) is 2.08. The largest absolute Gasteiger partial charge is 0.349 e. The summed E-state index contributed by atoms with van der Waals surface area (Å²) in [5, 5.41) is 2.90. The lowest BCUT2D eigenvalue weighted by atomic mass is 10.2. The van der Waals surface area contributed by atoms with E-state index in [1.165, 1.54) is 0 Å². The second kappa shape index (κ2) is 4.77. The maximum Gasteiger partial charge on any atom is 0.253 e. The van der Waals surface area contributed by atoms with E-state index in [-0.39, 0.29) is 5.91 Å². The molecule has 1 aromatic heterocycles. The van der Waals surface area contributed by atoms with Gasteiger partial charge in [0, 0.05) is 24.0 Å². The van der Waals surface area contributed by atoms with Crippen molar-refractivity contribution in [2.75, 3.05) is 6.54 Å². The summed E-state index contributed by atoms with van der Waals surface area (Å²) >= 11 is 0. The molecule has 1 aliphatic carbocycles. The van der Waals surface area contributed by atoms with Gasteiger partial charge >= 0.3 is 0 Å². The first-order chi connectivity index (χ1) is 7.79. The van der Waals surface area contributed by atoms with Crippen LogP contribution in [0, 0.1) is 11.8 Å². The zero-order valence-electron chi connectivity index (χ0n) is 8.86. The van der Waals surface area contributed by atoms with E-state index in [0.717, 1.165) is 12.8 Å². The number of carbonyl (C=O) groups excluding carboxylic acids is 1. The second-order valence-electron chi connectivity index (χ2n) is 3.72. The normalized spacial score (nSPS) is 13.8. The minimum Gasteiger partial charge on any atom is -0.349 e. The molecule has 4 heteroatoms. The number of rotatable bonds is 2. The van der Waals surface area contributed by atoms with Crippen molar-refractivity contribution in [1.29, 1.82) is 0 Å². The summed E-state index contributed by atoms with van der Waals surface area (Å²) < 4.78 is 0. The van der Waals surface area contributed by atoms with Gasteiger partial charge in [-0.15, -0.1) is 0 Å². The van der Waals surface area contributed by atoms with E-state index < -0.39 is 0 Å². The average Bonchev–Trinajstić information content (AvgIpc) is 3.10. The van der Waals surface area contributed by atoms with E-state index in [0.29, 0.717) is 23.7 Å². The number of amides is 1. The van der Waals surface area contributed by atoms with Gasteiger partial charge in [-0.25, -0.2) is 0 Å². The lowest BCUT2D eigenvalue weighted by Crippen LogP contribution is -2.25. The highest BCUT2D eigenvalue weighted by molar-refractivity contribution is 5.94. The van der Waals surface area contributed by atoms with Gasteiger partial charge in [-0.2, -0.15) is 0 Å². The van der Waals surface area contributed by atoms with Crippen LogP contribution >= 0.6 is 0 Å². The molecular weight excluding hydrogens is 202 g/mol. The van der Waals surface area contributed by atoms with Crippen LogP contribution in [-0.2, 0) is 0 Å². The highest BCUT2D eigenvalue weighted by Crippen LogP contribution is 2.19. The number of hydrogen-bond acceptors (Lipinski definition) is 3. The Morgan fingerprint density at radius 1 is 1.56 bits per heavy atom. The summed E-state index contributed by atoms with van der Waals surface area (Å²) in [6.45, 7) is 0.304. The van der Waals surface area contributed by atoms with Gasteiger partial charge in [0.25, 0.3) is 5.91 Å². The molecule has 4 nitrogen and oxygen atoms in total. The maximum atomic E-state index is 11.7. The quantitative estimate of drug-likeness (QED) is 0.696. The number of pyridine rings is 1. The number of carbonyl (C=O) groups is 1. The van der Waals surface area contributed by atoms with Gasteiger partial charge in [0.15, 0.2) is 0 Å². The molecule has 1 aromatic rings. The third-order valence-electron chi connectivity index (χ3n) is 2.25. The van der Waals surface area contributed by atoms with Crippen molar-refractivity contribution in [2.45, 2.75) is 18.9 Å². The molecule has 3 N–H and O–H groups in total. The fourth-order valence-electron chi connectivity index (χ4n) is 1.28. The van der Waals surface area contributed by atoms with Crippen molar-refractivity contribution in [3.05, 3.63) is 29.6 Å². The highest BCUT2D eigenvalue weighted by atomic mass is 16.1. The standard InChI is InChI=1S/C12H13N3O/c13-5-1-2-9-6-10(8-14-7-9)12(16)15-11-3-4-11/h6-8,11H,3-5,13H2,(H,15,16). The molecule has 0 aromatic carbocycles. The van der Waals surface area contributed by atoms with Crippen LogP contribution in [0.3, 0.4) is 0 Å². The fourth-order valence-corrected chi connectivity index (χ4v) is 1.28. The van der Waals surface area contributed by atoms with Crippen molar-refractivity contribution in [2.24, 2.45) is 5.73 Å². The molecule has 0 saturated heterocycles. The first kappa shape index (κ1) is 10.7. The molecule has 1 heterocycles. The predicted molar refractivity (Wildman–Crippen MR) is 60.7 cm³/mol. The van der Waals surface area contributed by atoms with Crippen LogP contribution in [-0.4, -0.2) is 23.5 Å². The Labute approximate surface area is 94.3 Å². The maximum absolute atomic E-state index is 11.7. The third-order valence-corrected chi connectivity index (χ3v) is 2.25. The zero-order chi connectivity index (χ0) is 11.4. The lowest BCUT2D eigenvalue weighted by molar-refractivity contribution is 0.0950. The summed E-state index contributed by atoms with van der Waals surface area (Å²) in [6.07, 6.45) is 5.32. The minimum absolute atomic E-state index is 0.0774. The van der Waals surface area contributed by atoms with Crippen LogP contribution in [0.1, 0.15) is 28.8 Å². The van der Waals surface area contributed by atoms with E-state index in [2.05, 4.69) is 22.1 Å². The number of nitrogens with two attached hydrogens (primary N) is 1. The molecule has 0 spiro atoms. The molecule has 82 valence electrons. The van der Waals surface area contributed by atoms with Gasteiger partial charge in [0.2, 0.25) is 0 Å². The fraction of sp³-hybridized carbons (Fsp3) is 0.333. The minimum atomic E-state index is -0.0774. The van der Waals surface area contributed by atoms with Crippen molar-refractivity contribution in [3.63, 3.8) is 0 Å². The molecule has 0 atom stereocenters. The van der Waals surface area contributed by atoms with Gasteiger partial charge in [0.05, 0.1) is 12.1 Å². The average molecular weight is 215 g/mol.